The number of ketones is 1. The van der Waals surface area contributed by atoms with Crippen LogP contribution in [-0.2, 0) is 14.4 Å². The van der Waals surface area contributed by atoms with Crippen molar-refractivity contribution in [1.82, 2.24) is 0 Å². The van der Waals surface area contributed by atoms with Crippen LogP contribution in [0.1, 0.15) is 82.3 Å². The molecular weight excluding hydrogens is 720 g/mol. The van der Waals surface area contributed by atoms with Gasteiger partial charge in [-0.15, -0.1) is 0 Å². The summed E-state index contributed by atoms with van der Waals surface area (Å²) in [6.45, 7) is 3.20. The van der Waals surface area contributed by atoms with E-state index in [0.29, 0.717) is 99.0 Å². The number of fused-ring (bicyclic) bond motifs is 1. The lowest BCUT2D eigenvalue weighted by Crippen LogP contribution is -2.38. The monoisotopic (exact) mass is 764 g/mol. The van der Waals surface area contributed by atoms with E-state index in [1.54, 1.807) is 19.1 Å². The van der Waals surface area contributed by atoms with E-state index in [9.17, 15) is 34.5 Å². The number of Topliss-reactive ketones (excluding diaryl/α,β-unsaturated/α-hetero) is 1. The third kappa shape index (κ3) is 5.37. The molecule has 0 spiro atoms. The van der Waals surface area contributed by atoms with Crippen molar-refractivity contribution in [2.45, 2.75) is 83.2 Å². The number of phenolic OH excluding ortho intramolecular Hbond substituents is 1. The number of phenols is 1. The minimum atomic E-state index is -0.967. The molecule has 292 valence electrons. The summed E-state index contributed by atoms with van der Waals surface area (Å²) in [5.74, 6) is -4.23. The van der Waals surface area contributed by atoms with E-state index in [0.717, 1.165) is 12.8 Å². The number of rotatable bonds is 10. The molecule has 56 heavy (non-hydrogen) atoms. The maximum Gasteiger partial charge on any atom is 0.308 e. The molecule has 8 rings (SSSR count). The average Bonchev–Trinajstić information content (AvgIpc) is 3.30. The first kappa shape index (κ1) is 37.1. The highest BCUT2D eigenvalue weighted by Crippen LogP contribution is 2.57. The number of carboxylic acid groups (broad SMARTS) is 2. The van der Waals surface area contributed by atoms with Crippen LogP contribution in [-0.4, -0.2) is 66.5 Å². The Hall–Kier alpha value is -5.85. The number of anilines is 2. The number of carbonyl (C=O) groups is 3. The molecule has 3 aliphatic carbocycles. The van der Waals surface area contributed by atoms with Crippen LogP contribution in [0.3, 0.4) is 0 Å². The Bertz CT molecular complexity index is 2640. The van der Waals surface area contributed by atoms with Gasteiger partial charge in [0.25, 0.3) is 0 Å². The predicted molar refractivity (Wildman–Crippen MR) is 214 cm³/mol. The molecule has 0 aliphatic heterocycles. The Morgan fingerprint density at radius 3 is 1.98 bits per heavy atom. The SMILES string of the molecule is COc1c(O)c2c(=O)cc(OC)c3c4c(OC)cc(NC5CCC(C(=O)O)CC5)c5c(=O)c(NC6CCCCC6C(=O)O)c6c(c(c1C(C(C)=O)C(C)=C6)c23)c54. The molecule has 13 heteroatoms. The van der Waals surface area contributed by atoms with Crippen molar-refractivity contribution in [1.29, 1.82) is 0 Å². The summed E-state index contributed by atoms with van der Waals surface area (Å²) < 4.78 is 17.9. The molecule has 0 radical (unpaired) electrons. The Morgan fingerprint density at radius 1 is 0.732 bits per heavy atom. The summed E-state index contributed by atoms with van der Waals surface area (Å²) >= 11 is 0. The van der Waals surface area contributed by atoms with Crippen LogP contribution in [0.2, 0.25) is 0 Å². The van der Waals surface area contributed by atoms with Crippen LogP contribution < -0.4 is 35.7 Å². The second kappa shape index (κ2) is 13.7. The summed E-state index contributed by atoms with van der Waals surface area (Å²) in [7, 11) is 4.28. The van der Waals surface area contributed by atoms with E-state index in [1.807, 2.05) is 0 Å². The lowest BCUT2D eigenvalue weighted by atomic mass is 9.80. The highest BCUT2D eigenvalue weighted by atomic mass is 16.5. The van der Waals surface area contributed by atoms with E-state index < -0.39 is 52.3 Å². The number of hydrogen-bond acceptors (Lipinski definition) is 11. The molecule has 5 aromatic rings. The number of methoxy groups -OCH3 is 3. The molecule has 3 atom stereocenters. The van der Waals surface area contributed by atoms with Gasteiger partial charge in [-0.3, -0.25) is 24.0 Å². The van der Waals surface area contributed by atoms with Gasteiger partial charge in [-0.1, -0.05) is 24.5 Å². The zero-order valence-corrected chi connectivity index (χ0v) is 31.9. The van der Waals surface area contributed by atoms with Gasteiger partial charge in [-0.25, -0.2) is 0 Å². The topological polar surface area (TPSA) is 198 Å². The maximum atomic E-state index is 15.5. The number of aromatic hydroxyl groups is 1. The average molecular weight is 765 g/mol. The number of carboxylic acids is 2. The van der Waals surface area contributed by atoms with Crippen LogP contribution >= 0.6 is 0 Å². The highest BCUT2D eigenvalue weighted by molar-refractivity contribution is 6.40. The quantitative estimate of drug-likeness (QED) is 0.0734. The Morgan fingerprint density at radius 2 is 1.38 bits per heavy atom. The number of ether oxygens (including phenoxy) is 3. The van der Waals surface area contributed by atoms with Crippen LogP contribution in [0.4, 0.5) is 11.4 Å². The normalized spacial score (nSPS) is 22.3. The summed E-state index contributed by atoms with van der Waals surface area (Å²) in [4.78, 5) is 67.7. The van der Waals surface area contributed by atoms with Gasteiger partial charge in [-0.05, 0) is 57.8 Å². The molecule has 5 aromatic carbocycles. The maximum absolute atomic E-state index is 15.5. The van der Waals surface area contributed by atoms with Gasteiger partial charge >= 0.3 is 11.9 Å². The van der Waals surface area contributed by atoms with E-state index in [2.05, 4.69) is 10.6 Å². The smallest absolute Gasteiger partial charge is 0.308 e. The molecule has 3 unspecified atom stereocenters. The van der Waals surface area contributed by atoms with Gasteiger partial charge in [0.15, 0.2) is 16.9 Å². The van der Waals surface area contributed by atoms with Crippen molar-refractivity contribution < 1.29 is 43.9 Å². The summed E-state index contributed by atoms with van der Waals surface area (Å²) in [5.41, 5.74) is 0.923. The van der Waals surface area contributed by atoms with Crippen LogP contribution in [0.15, 0.2) is 27.3 Å². The van der Waals surface area contributed by atoms with Crippen molar-refractivity contribution >= 4 is 78.3 Å². The van der Waals surface area contributed by atoms with Gasteiger partial charge in [0.2, 0.25) is 5.43 Å². The van der Waals surface area contributed by atoms with E-state index >= 15 is 4.79 Å². The first-order valence-corrected chi connectivity index (χ1v) is 19.1. The first-order valence-electron chi connectivity index (χ1n) is 19.1. The zero-order valence-electron chi connectivity index (χ0n) is 31.9. The lowest BCUT2D eigenvalue weighted by Gasteiger charge is -2.32. The molecule has 0 aromatic heterocycles. The van der Waals surface area contributed by atoms with Crippen molar-refractivity contribution in [3.8, 4) is 23.0 Å². The zero-order chi connectivity index (χ0) is 39.9. The molecule has 0 heterocycles. The highest BCUT2D eigenvalue weighted by Gasteiger charge is 2.39. The summed E-state index contributed by atoms with van der Waals surface area (Å²) in [6, 6.07) is 2.23. The minimum absolute atomic E-state index is 0.0477. The third-order valence-corrected chi connectivity index (χ3v) is 12.5. The molecule has 0 bridgehead atoms. The second-order valence-corrected chi connectivity index (χ2v) is 15.6. The standard InChI is InChI=1S/C43H44N2O11/c1-17-14-22-29-34-30(39(48)38(22)45-23-9-7-6-8-21(23)43(52)53)24(44-20-12-10-19(11-13-20)42(50)51)15-26(54-3)32(34)33-27(55-4)16-25(47)31-36(33)35(29)37(28(17)18(2)46)41(56-5)40(31)49/h14-16,19-21,23,28,44-45,49H,6-13H2,1-5H3,(H,50,51)(H,52,53). The fourth-order valence-corrected chi connectivity index (χ4v) is 10.0. The molecular formula is C43H44N2O11. The number of hydrogen-bond donors (Lipinski definition) is 5. The summed E-state index contributed by atoms with van der Waals surface area (Å²) in [5, 5.41) is 41.6. The van der Waals surface area contributed by atoms with E-state index in [4.69, 9.17) is 14.2 Å². The Labute approximate surface area is 320 Å². The van der Waals surface area contributed by atoms with Gasteiger partial charge in [0.05, 0.1) is 55.5 Å². The number of nitrogens with one attached hydrogen (secondary N) is 2. The fraction of sp³-hybridized carbons (Fsp3) is 0.419. The van der Waals surface area contributed by atoms with Crippen LogP contribution in [0.5, 0.6) is 23.0 Å². The van der Waals surface area contributed by atoms with Crippen molar-refractivity contribution in [3.05, 3.63) is 49.3 Å². The number of carbonyl (C=O) groups excluding carboxylic acids is 1. The first-order chi connectivity index (χ1) is 26.8. The summed E-state index contributed by atoms with van der Waals surface area (Å²) in [6.07, 6.45) is 6.22. The predicted octanol–water partition coefficient (Wildman–Crippen LogP) is 6.83. The van der Waals surface area contributed by atoms with Gasteiger partial charge in [-0.2, -0.15) is 0 Å². The van der Waals surface area contributed by atoms with Crippen LogP contribution in [0.25, 0.3) is 49.2 Å². The minimum Gasteiger partial charge on any atom is -0.504 e. The second-order valence-electron chi connectivity index (χ2n) is 15.6. The van der Waals surface area contributed by atoms with Crippen molar-refractivity contribution in [2.24, 2.45) is 11.8 Å². The third-order valence-electron chi connectivity index (χ3n) is 12.5. The molecule has 0 amide bonds. The van der Waals surface area contributed by atoms with E-state index in [1.165, 1.54) is 34.3 Å². The molecule has 3 aliphatic rings. The number of benzene rings is 5. The molecule has 13 nitrogen and oxygen atoms in total. The van der Waals surface area contributed by atoms with Gasteiger partial charge in [0, 0.05) is 68.0 Å². The van der Waals surface area contributed by atoms with Crippen molar-refractivity contribution in [3.63, 3.8) is 0 Å². The molecule has 2 fully saturated rings. The molecule has 2 saturated carbocycles. The van der Waals surface area contributed by atoms with Gasteiger partial charge < -0.3 is 40.2 Å². The van der Waals surface area contributed by atoms with Crippen LogP contribution in [0, 0.1) is 11.8 Å². The largest absolute Gasteiger partial charge is 0.504 e. The molecule has 5 N–H and O–H groups in total. The van der Waals surface area contributed by atoms with Gasteiger partial charge in [0.1, 0.15) is 17.3 Å². The number of allylic oxidation sites excluding steroid dienone is 1. The fourth-order valence-electron chi connectivity index (χ4n) is 10.0. The lowest BCUT2D eigenvalue weighted by molar-refractivity contribution is -0.143. The van der Waals surface area contributed by atoms with Crippen molar-refractivity contribution in [2.75, 3.05) is 32.0 Å². The van der Waals surface area contributed by atoms with E-state index in [-0.39, 0.29) is 39.8 Å². The Kier molecular flexibility index (Phi) is 9.08. The number of aliphatic carboxylic acids is 2. The molecule has 0 saturated heterocycles. The Balaban J connectivity index is 1.61.